The number of hydrogen-bond acceptors (Lipinski definition) is 4. The van der Waals surface area contributed by atoms with Crippen molar-refractivity contribution in [3.05, 3.63) is 34.5 Å². The number of thioether (sulfide) groups is 1. The molecule has 0 N–H and O–H groups in total. The van der Waals surface area contributed by atoms with E-state index in [1.54, 1.807) is 19.1 Å². The maximum atomic E-state index is 11.3. The molecule has 1 aromatic heterocycles. The topological polar surface area (TPSA) is 53.8 Å². The molecule has 0 unspecified atom stereocenters. The Labute approximate surface area is 109 Å². The van der Waals surface area contributed by atoms with Crippen LogP contribution in [0.5, 0.6) is 0 Å². The number of nitriles is 1. The van der Waals surface area contributed by atoms with Gasteiger partial charge in [0.15, 0.2) is 5.78 Å². The zero-order valence-corrected chi connectivity index (χ0v) is 11.1. The van der Waals surface area contributed by atoms with Gasteiger partial charge in [0.2, 0.25) is 0 Å². The number of pyridine rings is 1. The Bertz CT molecular complexity index is 506. The minimum Gasteiger partial charge on any atom is -0.294 e. The first-order valence-electron chi connectivity index (χ1n) is 4.90. The molecule has 0 aliphatic heterocycles. The van der Waals surface area contributed by atoms with Crippen LogP contribution < -0.4 is 0 Å². The predicted molar refractivity (Wildman–Crippen MR) is 69.4 cm³/mol. The van der Waals surface area contributed by atoms with Crippen LogP contribution in [-0.4, -0.2) is 16.5 Å². The largest absolute Gasteiger partial charge is 0.294 e. The molecule has 0 aromatic carbocycles. The van der Waals surface area contributed by atoms with E-state index in [4.69, 9.17) is 16.9 Å². The lowest BCUT2D eigenvalue weighted by atomic mass is 10.1. The van der Waals surface area contributed by atoms with E-state index in [0.717, 1.165) is 0 Å². The summed E-state index contributed by atoms with van der Waals surface area (Å²) < 4.78 is 0. The van der Waals surface area contributed by atoms with Crippen LogP contribution in [0.15, 0.2) is 22.7 Å². The van der Waals surface area contributed by atoms with Crippen LogP contribution >= 0.6 is 23.4 Å². The zero-order chi connectivity index (χ0) is 12.8. The highest BCUT2D eigenvalue weighted by Crippen LogP contribution is 2.23. The quantitative estimate of drug-likeness (QED) is 0.620. The average molecular weight is 267 g/mol. The molecule has 0 atom stereocenters. The number of nitrogens with zero attached hydrogens (tertiary/aromatic N) is 2. The van der Waals surface area contributed by atoms with E-state index < -0.39 is 0 Å². The number of Topliss-reactive ketones (excluding diaryl/α,β-unsaturated/α-hetero) is 1. The van der Waals surface area contributed by atoms with Crippen molar-refractivity contribution in [2.24, 2.45) is 0 Å². The average Bonchev–Trinajstić information content (AvgIpc) is 2.29. The Morgan fingerprint density at radius 3 is 2.94 bits per heavy atom. The van der Waals surface area contributed by atoms with Crippen molar-refractivity contribution in [1.29, 1.82) is 5.26 Å². The summed E-state index contributed by atoms with van der Waals surface area (Å²) in [6.45, 7) is 3.23. The molecule has 0 aliphatic carbocycles. The minimum atomic E-state index is -0.0799. The molecule has 1 rings (SSSR count). The van der Waals surface area contributed by atoms with Crippen molar-refractivity contribution in [2.75, 3.05) is 5.75 Å². The molecular weight excluding hydrogens is 256 g/mol. The van der Waals surface area contributed by atoms with Gasteiger partial charge in [-0.05, 0) is 19.9 Å². The number of rotatable bonds is 4. The summed E-state index contributed by atoms with van der Waals surface area (Å²) in [7, 11) is 0. The maximum Gasteiger partial charge on any atom is 0.161 e. The Balaban J connectivity index is 3.11. The summed E-state index contributed by atoms with van der Waals surface area (Å²) in [5, 5.41) is 9.64. The lowest BCUT2D eigenvalue weighted by Gasteiger charge is -2.06. The van der Waals surface area contributed by atoms with Gasteiger partial charge in [-0.25, -0.2) is 4.98 Å². The second kappa shape index (κ2) is 6.43. The molecule has 0 saturated heterocycles. The van der Waals surface area contributed by atoms with Crippen LogP contribution in [0.3, 0.4) is 0 Å². The summed E-state index contributed by atoms with van der Waals surface area (Å²) in [5.74, 6) is 0.563. The van der Waals surface area contributed by atoms with Crippen LogP contribution in [0.1, 0.15) is 28.5 Å². The van der Waals surface area contributed by atoms with Gasteiger partial charge in [0.05, 0.1) is 5.56 Å². The summed E-state index contributed by atoms with van der Waals surface area (Å²) in [4.78, 5) is 15.6. The molecule has 1 aromatic rings. The van der Waals surface area contributed by atoms with Gasteiger partial charge in [0, 0.05) is 22.5 Å². The molecule has 0 spiro atoms. The van der Waals surface area contributed by atoms with Gasteiger partial charge in [-0.1, -0.05) is 17.7 Å². The van der Waals surface area contributed by atoms with Gasteiger partial charge < -0.3 is 0 Å². The van der Waals surface area contributed by atoms with Crippen molar-refractivity contribution >= 4 is 29.1 Å². The standard InChI is InChI=1S/C12H11ClN2OS/c1-8-11(9(2)16)6-10(7-14)12(15-8)17-5-3-4-13/h3-4,6H,5H2,1-2H3/b4-3+. The molecule has 17 heavy (non-hydrogen) atoms. The van der Waals surface area contributed by atoms with E-state index >= 15 is 0 Å². The van der Waals surface area contributed by atoms with Gasteiger partial charge in [0.1, 0.15) is 11.1 Å². The second-order valence-corrected chi connectivity index (χ2v) is 4.58. The fraction of sp³-hybridized carbons (Fsp3) is 0.250. The first-order chi connectivity index (χ1) is 8.10. The Kier molecular flexibility index (Phi) is 5.20. The SMILES string of the molecule is CC(=O)c1cc(C#N)c(SC/C=C/Cl)nc1C. The monoisotopic (exact) mass is 266 g/mol. The first kappa shape index (κ1) is 13.8. The van der Waals surface area contributed by atoms with Crippen LogP contribution in [0.4, 0.5) is 0 Å². The lowest BCUT2D eigenvalue weighted by Crippen LogP contribution is -2.02. The van der Waals surface area contributed by atoms with E-state index in [9.17, 15) is 4.79 Å². The smallest absolute Gasteiger partial charge is 0.161 e. The van der Waals surface area contributed by atoms with Crippen LogP contribution in [0, 0.1) is 18.3 Å². The third kappa shape index (κ3) is 3.58. The van der Waals surface area contributed by atoms with E-state index in [2.05, 4.69) is 11.1 Å². The molecule has 88 valence electrons. The molecule has 5 heteroatoms. The molecular formula is C12H11ClN2OS. The van der Waals surface area contributed by atoms with Gasteiger partial charge in [-0.15, -0.1) is 11.8 Å². The van der Waals surface area contributed by atoms with Gasteiger partial charge >= 0.3 is 0 Å². The van der Waals surface area contributed by atoms with Gasteiger partial charge in [-0.2, -0.15) is 5.26 Å². The fourth-order valence-electron chi connectivity index (χ4n) is 1.29. The predicted octanol–water partition coefficient (Wildman–Crippen LogP) is 3.31. The molecule has 0 radical (unpaired) electrons. The van der Waals surface area contributed by atoms with E-state index in [1.165, 1.54) is 24.2 Å². The number of halogens is 1. The van der Waals surface area contributed by atoms with Crippen molar-refractivity contribution in [2.45, 2.75) is 18.9 Å². The lowest BCUT2D eigenvalue weighted by molar-refractivity contribution is 0.101. The second-order valence-electron chi connectivity index (χ2n) is 3.31. The molecule has 0 aliphatic rings. The number of aryl methyl sites for hydroxylation is 1. The molecule has 1 heterocycles. The molecule has 0 fully saturated rings. The minimum absolute atomic E-state index is 0.0799. The number of carbonyl (C=O) groups excluding carboxylic acids is 1. The maximum absolute atomic E-state index is 11.3. The third-order valence-electron chi connectivity index (χ3n) is 2.08. The van der Waals surface area contributed by atoms with E-state index in [1.807, 2.05) is 0 Å². The van der Waals surface area contributed by atoms with Crippen molar-refractivity contribution in [3.63, 3.8) is 0 Å². The third-order valence-corrected chi connectivity index (χ3v) is 3.21. The fourth-order valence-corrected chi connectivity index (χ4v) is 2.30. The van der Waals surface area contributed by atoms with E-state index in [0.29, 0.717) is 27.6 Å². The summed E-state index contributed by atoms with van der Waals surface area (Å²) in [6.07, 6.45) is 1.77. The highest BCUT2D eigenvalue weighted by atomic mass is 35.5. The molecule has 0 saturated carbocycles. The normalized spacial score (nSPS) is 10.5. The summed E-state index contributed by atoms with van der Waals surface area (Å²) >= 11 is 6.83. The summed E-state index contributed by atoms with van der Waals surface area (Å²) in [6, 6.07) is 3.65. The summed E-state index contributed by atoms with van der Waals surface area (Å²) in [5.41, 5.74) is 3.00. The van der Waals surface area contributed by atoms with Crippen LogP contribution in [-0.2, 0) is 0 Å². The van der Waals surface area contributed by atoms with Gasteiger partial charge in [-0.3, -0.25) is 4.79 Å². The molecule has 3 nitrogen and oxygen atoms in total. The van der Waals surface area contributed by atoms with Crippen molar-refractivity contribution in [1.82, 2.24) is 4.98 Å². The Morgan fingerprint density at radius 2 is 2.41 bits per heavy atom. The Morgan fingerprint density at radius 1 is 1.71 bits per heavy atom. The van der Waals surface area contributed by atoms with Gasteiger partial charge in [0.25, 0.3) is 0 Å². The molecule has 0 amide bonds. The highest BCUT2D eigenvalue weighted by molar-refractivity contribution is 7.99. The van der Waals surface area contributed by atoms with E-state index in [-0.39, 0.29) is 5.78 Å². The number of aromatic nitrogens is 1. The number of carbonyl (C=O) groups is 1. The number of hydrogen-bond donors (Lipinski definition) is 0. The molecule has 0 bridgehead atoms. The Hall–Kier alpha value is -1.31. The van der Waals surface area contributed by atoms with Crippen LogP contribution in [0.2, 0.25) is 0 Å². The number of ketones is 1. The zero-order valence-electron chi connectivity index (χ0n) is 9.53. The first-order valence-corrected chi connectivity index (χ1v) is 6.33. The van der Waals surface area contributed by atoms with Crippen molar-refractivity contribution < 1.29 is 4.79 Å². The van der Waals surface area contributed by atoms with Crippen LogP contribution in [0.25, 0.3) is 0 Å². The van der Waals surface area contributed by atoms with Crippen molar-refractivity contribution in [3.8, 4) is 6.07 Å². The highest BCUT2D eigenvalue weighted by Gasteiger charge is 2.11.